The SMILES string of the molecule is CCCCOc1ncccc1-c1nc(-c2cc(F)c(F)cc2F)no1. The minimum atomic E-state index is -1.29. The van der Waals surface area contributed by atoms with E-state index in [0.29, 0.717) is 30.2 Å². The van der Waals surface area contributed by atoms with E-state index >= 15 is 0 Å². The smallest absolute Gasteiger partial charge is 0.263 e. The van der Waals surface area contributed by atoms with Gasteiger partial charge >= 0.3 is 0 Å². The second-order valence-corrected chi connectivity index (χ2v) is 5.23. The highest BCUT2D eigenvalue weighted by atomic mass is 19.2. The molecule has 8 heteroatoms. The molecule has 0 spiro atoms. The number of rotatable bonds is 6. The van der Waals surface area contributed by atoms with Gasteiger partial charge in [0.2, 0.25) is 11.7 Å². The lowest BCUT2D eigenvalue weighted by Gasteiger charge is -2.06. The molecule has 5 nitrogen and oxygen atoms in total. The van der Waals surface area contributed by atoms with Crippen LogP contribution in [0.25, 0.3) is 22.8 Å². The zero-order valence-corrected chi connectivity index (χ0v) is 13.3. The lowest BCUT2D eigenvalue weighted by atomic mass is 10.2. The van der Waals surface area contributed by atoms with Gasteiger partial charge < -0.3 is 9.26 Å². The predicted molar refractivity (Wildman–Crippen MR) is 83.2 cm³/mol. The zero-order valence-electron chi connectivity index (χ0n) is 13.3. The van der Waals surface area contributed by atoms with Gasteiger partial charge in [-0.05, 0) is 24.6 Å². The van der Waals surface area contributed by atoms with Gasteiger partial charge in [0.15, 0.2) is 11.6 Å². The van der Waals surface area contributed by atoms with Crippen LogP contribution in [0, 0.1) is 17.5 Å². The van der Waals surface area contributed by atoms with Gasteiger partial charge in [-0.25, -0.2) is 18.2 Å². The van der Waals surface area contributed by atoms with Crippen molar-refractivity contribution in [3.8, 4) is 28.7 Å². The fraction of sp³-hybridized carbons (Fsp3) is 0.235. The summed E-state index contributed by atoms with van der Waals surface area (Å²) in [5, 5.41) is 3.63. The largest absolute Gasteiger partial charge is 0.477 e. The summed E-state index contributed by atoms with van der Waals surface area (Å²) in [5.74, 6) is -3.33. The highest BCUT2D eigenvalue weighted by Crippen LogP contribution is 2.29. The van der Waals surface area contributed by atoms with Crippen molar-refractivity contribution in [3.63, 3.8) is 0 Å². The Morgan fingerprint density at radius 1 is 1.08 bits per heavy atom. The van der Waals surface area contributed by atoms with E-state index in [1.54, 1.807) is 18.3 Å². The summed E-state index contributed by atoms with van der Waals surface area (Å²) >= 11 is 0. The molecule has 0 radical (unpaired) electrons. The average molecular weight is 349 g/mol. The molecule has 0 saturated carbocycles. The second-order valence-electron chi connectivity index (χ2n) is 5.23. The highest BCUT2D eigenvalue weighted by molar-refractivity contribution is 5.63. The van der Waals surface area contributed by atoms with Crippen molar-refractivity contribution >= 4 is 0 Å². The minimum absolute atomic E-state index is 0.0405. The second kappa shape index (κ2) is 7.33. The molecule has 1 aromatic carbocycles. The van der Waals surface area contributed by atoms with E-state index in [4.69, 9.17) is 9.26 Å². The third-order valence-electron chi connectivity index (χ3n) is 3.42. The lowest BCUT2D eigenvalue weighted by Crippen LogP contribution is -2.00. The van der Waals surface area contributed by atoms with Crippen LogP contribution in [0.4, 0.5) is 13.2 Å². The van der Waals surface area contributed by atoms with Crippen molar-refractivity contribution in [2.45, 2.75) is 19.8 Å². The molecule has 0 unspecified atom stereocenters. The molecule has 2 aromatic heterocycles. The van der Waals surface area contributed by atoms with Crippen molar-refractivity contribution in [1.29, 1.82) is 0 Å². The number of aromatic nitrogens is 3. The maximum atomic E-state index is 13.8. The first-order valence-electron chi connectivity index (χ1n) is 7.67. The number of hydrogen-bond donors (Lipinski definition) is 0. The number of ether oxygens (including phenoxy) is 1. The van der Waals surface area contributed by atoms with Gasteiger partial charge in [-0.1, -0.05) is 18.5 Å². The molecule has 0 aliphatic rings. The molecule has 2 heterocycles. The first kappa shape index (κ1) is 16.9. The molecule has 0 saturated heterocycles. The van der Waals surface area contributed by atoms with Crippen molar-refractivity contribution in [3.05, 3.63) is 47.9 Å². The van der Waals surface area contributed by atoms with Crippen LogP contribution in [0.15, 0.2) is 35.0 Å². The van der Waals surface area contributed by atoms with Crippen LogP contribution in [-0.2, 0) is 0 Å². The zero-order chi connectivity index (χ0) is 17.8. The molecule has 0 fully saturated rings. The summed E-state index contributed by atoms with van der Waals surface area (Å²) in [5.41, 5.74) is 0.131. The molecule has 0 N–H and O–H groups in total. The lowest BCUT2D eigenvalue weighted by molar-refractivity contribution is 0.297. The van der Waals surface area contributed by atoms with Gasteiger partial charge in [0.1, 0.15) is 11.4 Å². The van der Waals surface area contributed by atoms with Crippen LogP contribution in [0.3, 0.4) is 0 Å². The quantitative estimate of drug-likeness (QED) is 0.488. The fourth-order valence-corrected chi connectivity index (χ4v) is 2.12. The third kappa shape index (κ3) is 3.62. The van der Waals surface area contributed by atoms with E-state index in [1.165, 1.54) is 0 Å². The molecule has 0 amide bonds. The van der Waals surface area contributed by atoms with E-state index in [2.05, 4.69) is 15.1 Å². The minimum Gasteiger partial charge on any atom is -0.477 e. The van der Waals surface area contributed by atoms with Crippen LogP contribution in [-0.4, -0.2) is 21.7 Å². The molecule has 130 valence electrons. The molecule has 0 atom stereocenters. The molecular formula is C17H14F3N3O2. The van der Waals surface area contributed by atoms with Gasteiger partial charge in [-0.3, -0.25) is 0 Å². The molecule has 3 aromatic rings. The first-order chi connectivity index (χ1) is 12.1. The number of benzene rings is 1. The molecule has 0 bridgehead atoms. The third-order valence-corrected chi connectivity index (χ3v) is 3.42. The maximum absolute atomic E-state index is 13.8. The standard InChI is InChI=1S/C17H14F3N3O2/c1-2-3-7-24-16-10(5-4-6-21-16)17-22-15(23-25-17)11-8-13(19)14(20)9-12(11)18/h4-6,8-9H,2-3,7H2,1H3. The van der Waals surface area contributed by atoms with Gasteiger partial charge in [-0.2, -0.15) is 4.98 Å². The maximum Gasteiger partial charge on any atom is 0.263 e. The summed E-state index contributed by atoms with van der Waals surface area (Å²) < 4.78 is 50.9. The molecule has 3 rings (SSSR count). The van der Waals surface area contributed by atoms with Gasteiger partial charge in [0.25, 0.3) is 5.89 Å². The normalized spacial score (nSPS) is 10.9. The Labute approximate surface area is 141 Å². The molecule has 0 aliphatic carbocycles. The number of pyridine rings is 1. The predicted octanol–water partition coefficient (Wildman–Crippen LogP) is 4.39. The highest BCUT2D eigenvalue weighted by Gasteiger charge is 2.19. The van der Waals surface area contributed by atoms with Gasteiger partial charge in [-0.15, -0.1) is 0 Å². The van der Waals surface area contributed by atoms with E-state index < -0.39 is 17.5 Å². The summed E-state index contributed by atoms with van der Waals surface area (Å²) in [7, 11) is 0. The first-order valence-corrected chi connectivity index (χ1v) is 7.67. The van der Waals surface area contributed by atoms with E-state index in [9.17, 15) is 13.2 Å². The molecular weight excluding hydrogens is 335 g/mol. The summed E-state index contributed by atoms with van der Waals surface area (Å²) in [4.78, 5) is 8.16. The Kier molecular flexibility index (Phi) is 4.97. The number of hydrogen-bond acceptors (Lipinski definition) is 5. The van der Waals surface area contributed by atoms with Crippen LogP contribution >= 0.6 is 0 Å². The Morgan fingerprint density at radius 3 is 2.68 bits per heavy atom. The average Bonchev–Trinajstić information content (AvgIpc) is 3.08. The van der Waals surface area contributed by atoms with Crippen LogP contribution in [0.1, 0.15) is 19.8 Å². The van der Waals surface area contributed by atoms with Gasteiger partial charge in [0, 0.05) is 12.3 Å². The molecule has 0 aliphatic heterocycles. The Hall–Kier alpha value is -2.90. The van der Waals surface area contributed by atoms with Crippen molar-refractivity contribution in [1.82, 2.24) is 15.1 Å². The van der Waals surface area contributed by atoms with Crippen molar-refractivity contribution in [2.24, 2.45) is 0 Å². The van der Waals surface area contributed by atoms with E-state index in [-0.39, 0.29) is 17.3 Å². The number of unbranched alkanes of at least 4 members (excludes halogenated alkanes) is 1. The fourth-order valence-electron chi connectivity index (χ4n) is 2.12. The van der Waals surface area contributed by atoms with Crippen molar-refractivity contribution in [2.75, 3.05) is 6.61 Å². The van der Waals surface area contributed by atoms with E-state index in [0.717, 1.165) is 12.8 Å². The monoisotopic (exact) mass is 349 g/mol. The Balaban J connectivity index is 1.94. The van der Waals surface area contributed by atoms with Crippen LogP contribution in [0.2, 0.25) is 0 Å². The van der Waals surface area contributed by atoms with Crippen LogP contribution < -0.4 is 4.74 Å². The summed E-state index contributed by atoms with van der Waals surface area (Å²) in [6.07, 6.45) is 3.37. The number of nitrogens with zero attached hydrogens (tertiary/aromatic N) is 3. The van der Waals surface area contributed by atoms with Gasteiger partial charge in [0.05, 0.1) is 12.2 Å². The Morgan fingerprint density at radius 2 is 1.88 bits per heavy atom. The van der Waals surface area contributed by atoms with Crippen LogP contribution in [0.5, 0.6) is 5.88 Å². The topological polar surface area (TPSA) is 61.0 Å². The summed E-state index contributed by atoms with van der Waals surface area (Å²) in [6.45, 7) is 2.50. The van der Waals surface area contributed by atoms with Crippen molar-refractivity contribution < 1.29 is 22.4 Å². The Bertz CT molecular complexity index is 883. The summed E-state index contributed by atoms with van der Waals surface area (Å²) in [6, 6.07) is 4.43. The molecule has 25 heavy (non-hydrogen) atoms. The van der Waals surface area contributed by atoms with E-state index in [1.807, 2.05) is 6.92 Å². The number of halogens is 3.